The van der Waals surface area contributed by atoms with Crippen molar-refractivity contribution >= 4 is 22.6 Å². The number of esters is 1. The Labute approximate surface area is 257 Å². The van der Waals surface area contributed by atoms with E-state index in [2.05, 4.69) is 67.7 Å². The van der Waals surface area contributed by atoms with Crippen LogP contribution in [-0.4, -0.2) is 61.8 Å². The Kier molecular flexibility index (Phi) is 10.6. The van der Waals surface area contributed by atoms with Crippen molar-refractivity contribution in [3.8, 4) is 0 Å². The number of nitrogens with zero attached hydrogens (tertiary/aromatic N) is 2. The third-order valence-electron chi connectivity index (χ3n) is 9.13. The monoisotopic (exact) mass is 634 g/mol. The van der Waals surface area contributed by atoms with Gasteiger partial charge in [-0.3, -0.25) is 14.2 Å². The molecule has 1 aromatic carbocycles. The summed E-state index contributed by atoms with van der Waals surface area (Å²) in [6.07, 6.45) is -2.44. The lowest BCUT2D eigenvalue weighted by molar-refractivity contribution is -0.145. The molecule has 1 saturated heterocycles. The summed E-state index contributed by atoms with van der Waals surface area (Å²) in [5, 5.41) is 11.5. The van der Waals surface area contributed by atoms with Gasteiger partial charge in [-0.1, -0.05) is 71.9 Å². The van der Waals surface area contributed by atoms with Gasteiger partial charge in [0.05, 0.1) is 6.61 Å². The second kappa shape index (κ2) is 12.9. The minimum Gasteiger partial charge on any atom is -0.459 e. The molecular formula is C31H50N2O8Si2. The molecule has 2 aromatic rings. The first-order chi connectivity index (χ1) is 19.7. The molecule has 0 radical (unpaired) electrons. The van der Waals surface area contributed by atoms with E-state index in [1.54, 1.807) is 6.92 Å². The Morgan fingerprint density at radius 2 is 1.56 bits per heavy atom. The Morgan fingerprint density at radius 3 is 2.12 bits per heavy atom. The fourth-order valence-corrected chi connectivity index (χ4v) is 6.58. The lowest BCUT2D eigenvalue weighted by atomic mass is 10.1. The van der Waals surface area contributed by atoms with Crippen LogP contribution in [0.5, 0.6) is 0 Å². The lowest BCUT2D eigenvalue weighted by Gasteiger charge is -2.41. The van der Waals surface area contributed by atoms with E-state index in [9.17, 15) is 19.5 Å². The smallest absolute Gasteiger partial charge is 0.333 e. The van der Waals surface area contributed by atoms with Crippen LogP contribution in [0.4, 0.5) is 0 Å². The second-order valence-corrected chi connectivity index (χ2v) is 24.1. The zero-order chi connectivity index (χ0) is 32.5. The highest BCUT2D eigenvalue weighted by Crippen LogP contribution is 2.42. The Bertz CT molecular complexity index is 1390. The second-order valence-electron chi connectivity index (χ2n) is 14.5. The number of rotatable bonds is 10. The molecule has 4 unspecified atom stereocenters. The molecule has 43 heavy (non-hydrogen) atoms. The van der Waals surface area contributed by atoms with Crippen LogP contribution in [0.1, 0.15) is 58.9 Å². The fraction of sp³-hybridized carbons (Fsp3) is 0.645. The number of hydrogen-bond donors (Lipinski definition) is 1. The zero-order valence-electron chi connectivity index (χ0n) is 27.6. The van der Waals surface area contributed by atoms with E-state index in [-0.39, 0.29) is 28.9 Å². The first kappa shape index (κ1) is 35.1. The molecular weight excluding hydrogens is 585 g/mol. The van der Waals surface area contributed by atoms with E-state index >= 15 is 0 Å². The Morgan fingerprint density at radius 1 is 0.977 bits per heavy atom. The fourth-order valence-electron chi connectivity index (χ4n) is 4.25. The Hall–Kier alpha value is -2.36. The SMILES string of the molecule is Cc1cn(C2OC(CO[Si](C)(C)C(C)(C)C)C(O[Si](C)(C)C(C)(C)C)C2O)c(=O)n(CC(=O)OCc2ccccc2)c1=O. The number of aliphatic hydroxyl groups is 1. The molecule has 0 aliphatic carbocycles. The molecule has 0 bridgehead atoms. The van der Waals surface area contributed by atoms with Crippen LogP contribution in [0.2, 0.25) is 36.3 Å². The first-order valence-electron chi connectivity index (χ1n) is 14.8. The van der Waals surface area contributed by atoms with Gasteiger partial charge in [0.15, 0.2) is 22.9 Å². The molecule has 1 fully saturated rings. The average Bonchev–Trinajstić information content (AvgIpc) is 3.19. The van der Waals surface area contributed by atoms with Crippen molar-refractivity contribution in [1.29, 1.82) is 0 Å². The van der Waals surface area contributed by atoms with Crippen molar-refractivity contribution in [2.24, 2.45) is 0 Å². The molecule has 3 rings (SSSR count). The van der Waals surface area contributed by atoms with Gasteiger partial charge in [0.1, 0.15) is 31.5 Å². The zero-order valence-corrected chi connectivity index (χ0v) is 29.6. The third kappa shape index (κ3) is 8.03. The molecule has 1 N–H and O–H groups in total. The predicted octanol–water partition coefficient (Wildman–Crippen LogP) is 4.73. The highest BCUT2D eigenvalue weighted by molar-refractivity contribution is 6.74. The van der Waals surface area contributed by atoms with Crippen molar-refractivity contribution in [3.05, 3.63) is 68.5 Å². The van der Waals surface area contributed by atoms with E-state index in [1.165, 1.54) is 10.8 Å². The van der Waals surface area contributed by atoms with Crippen molar-refractivity contribution < 1.29 is 28.2 Å². The van der Waals surface area contributed by atoms with Gasteiger partial charge >= 0.3 is 11.7 Å². The number of benzene rings is 1. The Balaban J connectivity index is 1.94. The van der Waals surface area contributed by atoms with Crippen LogP contribution in [0.3, 0.4) is 0 Å². The van der Waals surface area contributed by atoms with Crippen molar-refractivity contribution in [2.45, 2.75) is 122 Å². The molecule has 0 amide bonds. The summed E-state index contributed by atoms with van der Waals surface area (Å²) in [7, 11) is -4.57. The molecule has 1 aliphatic heterocycles. The highest BCUT2D eigenvalue weighted by atomic mass is 28.4. The van der Waals surface area contributed by atoms with Gasteiger partial charge < -0.3 is 23.4 Å². The van der Waals surface area contributed by atoms with Crippen LogP contribution in [-0.2, 0) is 36.3 Å². The normalized spacial score (nSPS) is 21.7. The molecule has 4 atom stereocenters. The molecule has 0 spiro atoms. The number of carbonyl (C=O) groups is 1. The number of aryl methyl sites for hydroxylation is 1. The molecule has 0 saturated carbocycles. The summed E-state index contributed by atoms with van der Waals surface area (Å²) in [6.45, 7) is 22.4. The van der Waals surface area contributed by atoms with Gasteiger partial charge in [-0.15, -0.1) is 0 Å². The maximum atomic E-state index is 13.7. The molecule has 10 nitrogen and oxygen atoms in total. The first-order valence-corrected chi connectivity index (χ1v) is 20.7. The minimum absolute atomic E-state index is 0.0151. The van der Waals surface area contributed by atoms with Crippen molar-refractivity contribution in [3.63, 3.8) is 0 Å². The largest absolute Gasteiger partial charge is 0.459 e. The van der Waals surface area contributed by atoms with Gasteiger partial charge in [0.2, 0.25) is 0 Å². The maximum Gasteiger partial charge on any atom is 0.333 e. The van der Waals surface area contributed by atoms with E-state index in [0.717, 1.165) is 10.1 Å². The number of hydrogen-bond acceptors (Lipinski definition) is 8. The van der Waals surface area contributed by atoms with Crippen LogP contribution in [0.25, 0.3) is 0 Å². The summed E-state index contributed by atoms with van der Waals surface area (Å²) in [5.41, 5.74) is -0.397. The van der Waals surface area contributed by atoms with E-state index in [0.29, 0.717) is 0 Å². The van der Waals surface area contributed by atoms with Crippen LogP contribution in [0.15, 0.2) is 46.1 Å². The summed E-state index contributed by atoms with van der Waals surface area (Å²) in [4.78, 5) is 39.3. The van der Waals surface area contributed by atoms with Gasteiger partial charge in [-0.05, 0) is 48.8 Å². The van der Waals surface area contributed by atoms with Crippen LogP contribution >= 0.6 is 0 Å². The van der Waals surface area contributed by atoms with Crippen LogP contribution < -0.4 is 11.2 Å². The predicted molar refractivity (Wildman–Crippen MR) is 171 cm³/mol. The number of aliphatic hydroxyl groups excluding tert-OH is 1. The molecule has 12 heteroatoms. The van der Waals surface area contributed by atoms with E-state index in [1.807, 2.05) is 30.3 Å². The van der Waals surface area contributed by atoms with Crippen molar-refractivity contribution in [2.75, 3.05) is 6.61 Å². The molecule has 1 aromatic heterocycles. The number of carbonyl (C=O) groups excluding carboxylic acids is 1. The quantitative estimate of drug-likeness (QED) is 0.294. The summed E-state index contributed by atoms with van der Waals surface area (Å²) in [6, 6.07) is 9.13. The average molecular weight is 635 g/mol. The number of ether oxygens (including phenoxy) is 2. The topological polar surface area (TPSA) is 118 Å². The van der Waals surface area contributed by atoms with Crippen LogP contribution in [0, 0.1) is 6.92 Å². The molecule has 240 valence electrons. The lowest BCUT2D eigenvalue weighted by Crippen LogP contribution is -2.51. The third-order valence-corrected chi connectivity index (χ3v) is 18.1. The molecule has 2 heterocycles. The van der Waals surface area contributed by atoms with Gasteiger partial charge in [0.25, 0.3) is 5.56 Å². The summed E-state index contributed by atoms with van der Waals surface area (Å²) >= 11 is 0. The molecule has 1 aliphatic rings. The maximum absolute atomic E-state index is 13.7. The minimum atomic E-state index is -2.39. The summed E-state index contributed by atoms with van der Waals surface area (Å²) in [5.74, 6) is -0.729. The van der Waals surface area contributed by atoms with Gasteiger partial charge in [-0.2, -0.15) is 0 Å². The van der Waals surface area contributed by atoms with E-state index < -0.39 is 64.9 Å². The summed E-state index contributed by atoms with van der Waals surface area (Å²) < 4.78 is 26.9. The standard InChI is InChI=1S/C31H50N2O8Si2/c1-21-17-33(29(37)32(27(21)36)18-24(34)38-19-22-15-13-12-14-16-22)28-25(35)26(41-43(10,11)31(5,6)7)23(40-28)20-39-42(8,9)30(2,3)4/h12-17,23,25-26,28,35H,18-20H2,1-11H3. The van der Waals surface area contributed by atoms with Crippen molar-refractivity contribution in [1.82, 2.24) is 9.13 Å². The van der Waals surface area contributed by atoms with Gasteiger partial charge in [-0.25, -0.2) is 9.36 Å². The highest BCUT2D eigenvalue weighted by Gasteiger charge is 2.51. The number of aromatic nitrogens is 2. The van der Waals surface area contributed by atoms with E-state index in [4.69, 9.17) is 18.3 Å². The van der Waals surface area contributed by atoms with Gasteiger partial charge in [0, 0.05) is 11.8 Å².